The Kier molecular flexibility index (Phi) is 6.54. The molecule has 1 aromatic carbocycles. The third-order valence-electron chi connectivity index (χ3n) is 3.46. The van der Waals surface area contributed by atoms with Crippen molar-refractivity contribution in [3.8, 4) is 0 Å². The summed E-state index contributed by atoms with van der Waals surface area (Å²) in [6, 6.07) is 10.3. The van der Waals surface area contributed by atoms with Gasteiger partial charge in [0.1, 0.15) is 5.56 Å². The number of hydrogen-bond donors (Lipinski definition) is 2. The predicted octanol–water partition coefficient (Wildman–Crippen LogP) is 1.58. The number of nitrogens with zero attached hydrogens (tertiary/aromatic N) is 1. The van der Waals surface area contributed by atoms with Gasteiger partial charge >= 0.3 is 0 Å². The van der Waals surface area contributed by atoms with Gasteiger partial charge in [-0.3, -0.25) is 14.4 Å². The summed E-state index contributed by atoms with van der Waals surface area (Å²) in [6.07, 6.45) is 4.41. The Bertz CT molecular complexity index is 859. The number of aromatic nitrogens is 1. The summed E-state index contributed by atoms with van der Waals surface area (Å²) < 4.78 is 1.43. The average molecular weight is 360 g/mol. The highest BCUT2D eigenvalue weighted by atomic mass is 35.5. The Balaban J connectivity index is 2.11. The Morgan fingerprint density at radius 2 is 1.96 bits per heavy atom. The van der Waals surface area contributed by atoms with Gasteiger partial charge in [0.2, 0.25) is 5.91 Å². The van der Waals surface area contributed by atoms with Crippen LogP contribution in [0.1, 0.15) is 15.9 Å². The van der Waals surface area contributed by atoms with E-state index in [1.54, 1.807) is 18.3 Å². The van der Waals surface area contributed by atoms with E-state index in [4.69, 9.17) is 11.6 Å². The summed E-state index contributed by atoms with van der Waals surface area (Å²) in [6.45, 7) is 0.418. The molecule has 1 heterocycles. The minimum atomic E-state index is -0.500. The third kappa shape index (κ3) is 5.06. The normalized spacial score (nSPS) is 10.6. The van der Waals surface area contributed by atoms with Crippen LogP contribution >= 0.6 is 11.6 Å². The van der Waals surface area contributed by atoms with E-state index in [1.165, 1.54) is 29.8 Å². The first kappa shape index (κ1) is 18.5. The maximum atomic E-state index is 12.5. The van der Waals surface area contributed by atoms with Crippen molar-refractivity contribution < 1.29 is 9.59 Å². The Hall–Kier alpha value is -2.86. The van der Waals surface area contributed by atoms with E-state index in [0.717, 1.165) is 5.56 Å². The number of benzene rings is 1. The molecule has 2 rings (SSSR count). The maximum absolute atomic E-state index is 12.5. The minimum Gasteiger partial charge on any atom is -0.356 e. The largest absolute Gasteiger partial charge is 0.356 e. The van der Waals surface area contributed by atoms with Crippen LogP contribution in [0.5, 0.6) is 0 Å². The fourth-order valence-corrected chi connectivity index (χ4v) is 2.34. The Morgan fingerprint density at radius 1 is 1.20 bits per heavy atom. The summed E-state index contributed by atoms with van der Waals surface area (Å²) in [4.78, 5) is 35.7. The topological polar surface area (TPSA) is 80.2 Å². The number of carbonyl (C=O) groups is 2. The van der Waals surface area contributed by atoms with Crippen LogP contribution in [0.25, 0.3) is 0 Å². The summed E-state index contributed by atoms with van der Waals surface area (Å²) >= 11 is 6.12. The number of amides is 2. The average Bonchev–Trinajstić information content (AvgIpc) is 2.61. The third-order valence-corrected chi connectivity index (χ3v) is 3.83. The molecule has 25 heavy (non-hydrogen) atoms. The van der Waals surface area contributed by atoms with Crippen molar-refractivity contribution >= 4 is 23.4 Å². The number of hydrogen-bond acceptors (Lipinski definition) is 3. The van der Waals surface area contributed by atoms with Gasteiger partial charge in [-0.05, 0) is 23.8 Å². The lowest BCUT2D eigenvalue weighted by molar-refractivity contribution is -0.116. The predicted molar refractivity (Wildman–Crippen MR) is 96.8 cm³/mol. The second-order valence-corrected chi connectivity index (χ2v) is 5.58. The first-order valence-corrected chi connectivity index (χ1v) is 8.00. The summed E-state index contributed by atoms with van der Waals surface area (Å²) in [5, 5.41) is 5.56. The molecule has 0 fully saturated rings. The van der Waals surface area contributed by atoms with Gasteiger partial charge in [-0.15, -0.1) is 0 Å². The van der Waals surface area contributed by atoms with Crippen molar-refractivity contribution in [3.63, 3.8) is 0 Å². The molecular weight excluding hydrogens is 342 g/mol. The lowest BCUT2D eigenvalue weighted by Gasteiger charge is -2.09. The molecule has 0 bridgehead atoms. The first-order valence-electron chi connectivity index (χ1n) is 7.62. The van der Waals surface area contributed by atoms with Gasteiger partial charge in [0.25, 0.3) is 11.5 Å². The van der Waals surface area contributed by atoms with Gasteiger partial charge in [0.15, 0.2) is 0 Å². The van der Waals surface area contributed by atoms with E-state index in [0.29, 0.717) is 5.02 Å². The van der Waals surface area contributed by atoms with E-state index in [1.807, 2.05) is 18.2 Å². The fraction of sp³-hybridized carbons (Fsp3) is 0.167. The van der Waals surface area contributed by atoms with Gasteiger partial charge in [-0.2, -0.15) is 0 Å². The van der Waals surface area contributed by atoms with Crippen molar-refractivity contribution in [1.29, 1.82) is 0 Å². The molecule has 0 radical (unpaired) electrons. The molecule has 0 saturated carbocycles. The molecular formula is C18H18ClN3O3. The highest BCUT2D eigenvalue weighted by molar-refractivity contribution is 6.31. The van der Waals surface area contributed by atoms with Crippen LogP contribution in [0.4, 0.5) is 0 Å². The molecule has 7 heteroatoms. The highest BCUT2D eigenvalue weighted by Gasteiger charge is 2.12. The zero-order valence-corrected chi connectivity index (χ0v) is 14.4. The van der Waals surface area contributed by atoms with Gasteiger partial charge in [0.05, 0.1) is 6.54 Å². The molecule has 2 aromatic rings. The van der Waals surface area contributed by atoms with Crippen molar-refractivity contribution in [3.05, 3.63) is 81.3 Å². The maximum Gasteiger partial charge on any atom is 0.263 e. The molecule has 0 aliphatic carbocycles. The first-order chi connectivity index (χ1) is 12.0. The number of carbonyl (C=O) groups excluding carboxylic acids is 2. The van der Waals surface area contributed by atoms with Crippen LogP contribution in [0.3, 0.4) is 0 Å². The monoisotopic (exact) mass is 359 g/mol. The lowest BCUT2D eigenvalue weighted by atomic mass is 10.2. The lowest BCUT2D eigenvalue weighted by Crippen LogP contribution is -2.33. The summed E-state index contributed by atoms with van der Waals surface area (Å²) in [5.74, 6) is -0.767. The molecule has 2 amide bonds. The van der Waals surface area contributed by atoms with E-state index in [9.17, 15) is 14.4 Å². The molecule has 0 unspecified atom stereocenters. The molecule has 0 aliphatic rings. The summed E-state index contributed by atoms with van der Waals surface area (Å²) in [5.41, 5.74) is 0.412. The highest BCUT2D eigenvalue weighted by Crippen LogP contribution is 2.15. The van der Waals surface area contributed by atoms with E-state index < -0.39 is 11.5 Å². The second kappa shape index (κ2) is 8.84. The fourth-order valence-electron chi connectivity index (χ4n) is 2.14. The van der Waals surface area contributed by atoms with Crippen molar-refractivity contribution in [2.45, 2.75) is 6.54 Å². The minimum absolute atomic E-state index is 0.0305. The van der Waals surface area contributed by atoms with Crippen LogP contribution in [0.15, 0.2) is 59.5 Å². The van der Waals surface area contributed by atoms with Crippen LogP contribution in [0, 0.1) is 0 Å². The van der Waals surface area contributed by atoms with Crippen LogP contribution < -0.4 is 16.2 Å². The standard InChI is InChI=1S/C18H18ClN3O3/c1-20-16(23)9-4-10-21-17(24)14-7-5-11-22(18(14)25)12-13-6-2-3-8-15(13)19/h2-9,11H,10,12H2,1H3,(H,20,23)(H,21,24)/b9-4+. The molecule has 2 N–H and O–H groups in total. The van der Waals surface area contributed by atoms with E-state index in [2.05, 4.69) is 10.6 Å². The van der Waals surface area contributed by atoms with E-state index >= 15 is 0 Å². The number of likely N-dealkylation sites (N-methyl/N-ethyl adjacent to an activating group) is 1. The van der Waals surface area contributed by atoms with E-state index in [-0.39, 0.29) is 24.6 Å². The zero-order chi connectivity index (χ0) is 18.2. The second-order valence-electron chi connectivity index (χ2n) is 5.17. The Morgan fingerprint density at radius 3 is 2.68 bits per heavy atom. The van der Waals surface area contributed by atoms with Gasteiger partial charge in [-0.1, -0.05) is 35.9 Å². The van der Waals surface area contributed by atoms with Crippen molar-refractivity contribution in [2.75, 3.05) is 13.6 Å². The van der Waals surface area contributed by atoms with Gasteiger partial charge in [-0.25, -0.2) is 0 Å². The van der Waals surface area contributed by atoms with Crippen molar-refractivity contribution in [2.24, 2.45) is 0 Å². The molecule has 0 saturated heterocycles. The van der Waals surface area contributed by atoms with Gasteiger partial charge in [0, 0.05) is 30.9 Å². The van der Waals surface area contributed by atoms with Gasteiger partial charge < -0.3 is 15.2 Å². The molecule has 0 atom stereocenters. The van der Waals surface area contributed by atoms with Crippen LogP contribution in [-0.2, 0) is 11.3 Å². The number of halogens is 1. The summed E-state index contributed by atoms with van der Waals surface area (Å²) in [7, 11) is 1.51. The van der Waals surface area contributed by atoms with Crippen LogP contribution in [0.2, 0.25) is 5.02 Å². The molecule has 0 spiro atoms. The number of pyridine rings is 1. The Labute approximate surface area is 150 Å². The number of nitrogens with one attached hydrogen (secondary N) is 2. The quantitative estimate of drug-likeness (QED) is 0.768. The SMILES string of the molecule is CNC(=O)/C=C/CNC(=O)c1cccn(Cc2ccccc2Cl)c1=O. The zero-order valence-electron chi connectivity index (χ0n) is 13.7. The van der Waals surface area contributed by atoms with Crippen LogP contribution in [-0.4, -0.2) is 30.0 Å². The molecule has 130 valence electrons. The number of rotatable bonds is 6. The molecule has 6 nitrogen and oxygen atoms in total. The smallest absolute Gasteiger partial charge is 0.263 e. The molecule has 1 aromatic heterocycles. The molecule has 0 aliphatic heterocycles. The van der Waals surface area contributed by atoms with Crippen molar-refractivity contribution in [1.82, 2.24) is 15.2 Å².